The molecule has 4 rings (SSSR count). The SMILES string of the molecule is CCOC(=O)c1cc(-c2nc3ccc(NC(=O)C4(F)CC4)cc3o2)ccn1. The molecule has 8 heteroatoms. The average Bonchev–Trinajstić information content (AvgIpc) is 3.28. The number of rotatable bonds is 5. The first-order valence-corrected chi connectivity index (χ1v) is 8.53. The Bertz CT molecular complexity index is 1040. The van der Waals surface area contributed by atoms with Gasteiger partial charge in [-0.2, -0.15) is 0 Å². The number of carbonyl (C=O) groups excluding carboxylic acids is 2. The number of oxazole rings is 1. The van der Waals surface area contributed by atoms with Gasteiger partial charge < -0.3 is 14.5 Å². The minimum atomic E-state index is -1.75. The first-order chi connectivity index (χ1) is 13.0. The monoisotopic (exact) mass is 369 g/mol. The van der Waals surface area contributed by atoms with Gasteiger partial charge in [0.1, 0.15) is 11.2 Å². The molecule has 7 nitrogen and oxygen atoms in total. The maximum atomic E-state index is 13.8. The third kappa shape index (κ3) is 3.38. The number of aromatic nitrogens is 2. The van der Waals surface area contributed by atoms with Crippen LogP contribution >= 0.6 is 0 Å². The number of amides is 1. The number of carbonyl (C=O) groups is 2. The zero-order chi connectivity index (χ0) is 19.0. The third-order valence-electron chi connectivity index (χ3n) is 4.23. The van der Waals surface area contributed by atoms with Gasteiger partial charge in [0.05, 0.1) is 6.61 Å². The summed E-state index contributed by atoms with van der Waals surface area (Å²) < 4.78 is 24.5. The normalized spacial score (nSPS) is 14.7. The standard InChI is InChI=1S/C19H16FN3O4/c1-2-26-17(24)14-9-11(5-8-21-14)16-23-13-4-3-12(10-15(13)27-16)22-18(25)19(20)6-7-19/h3-5,8-10H,2,6-7H2,1H3,(H,22,25). The molecule has 1 aliphatic rings. The van der Waals surface area contributed by atoms with Gasteiger partial charge in [-0.25, -0.2) is 19.2 Å². The summed E-state index contributed by atoms with van der Waals surface area (Å²) in [5, 5.41) is 2.55. The number of anilines is 1. The Morgan fingerprint density at radius 3 is 2.85 bits per heavy atom. The topological polar surface area (TPSA) is 94.3 Å². The number of alkyl halides is 1. The molecule has 27 heavy (non-hydrogen) atoms. The highest BCUT2D eigenvalue weighted by Crippen LogP contribution is 2.40. The van der Waals surface area contributed by atoms with Gasteiger partial charge in [-0.3, -0.25) is 4.79 Å². The largest absolute Gasteiger partial charge is 0.461 e. The van der Waals surface area contributed by atoms with Crippen LogP contribution in [0.1, 0.15) is 30.3 Å². The van der Waals surface area contributed by atoms with Gasteiger partial charge in [0.15, 0.2) is 11.3 Å². The van der Waals surface area contributed by atoms with E-state index in [4.69, 9.17) is 9.15 Å². The van der Waals surface area contributed by atoms with Crippen molar-refractivity contribution in [3.8, 4) is 11.5 Å². The summed E-state index contributed by atoms with van der Waals surface area (Å²) in [6, 6.07) is 8.09. The lowest BCUT2D eigenvalue weighted by Crippen LogP contribution is -2.25. The summed E-state index contributed by atoms with van der Waals surface area (Å²) in [6.07, 6.45) is 1.97. The Hall–Kier alpha value is -3.29. The highest BCUT2D eigenvalue weighted by atomic mass is 19.1. The van der Waals surface area contributed by atoms with Crippen LogP contribution in [0.5, 0.6) is 0 Å². The van der Waals surface area contributed by atoms with E-state index >= 15 is 0 Å². The molecular formula is C19H16FN3O4. The number of pyridine rings is 1. The predicted octanol–water partition coefficient (Wildman–Crippen LogP) is 3.51. The number of hydrogen-bond acceptors (Lipinski definition) is 6. The number of fused-ring (bicyclic) bond motifs is 1. The van der Waals surface area contributed by atoms with Crippen molar-refractivity contribution in [2.75, 3.05) is 11.9 Å². The van der Waals surface area contributed by atoms with E-state index in [1.54, 1.807) is 31.2 Å². The van der Waals surface area contributed by atoms with Gasteiger partial charge in [-0.05, 0) is 44.0 Å². The molecule has 1 aliphatic carbocycles. The number of esters is 1. The van der Waals surface area contributed by atoms with E-state index in [1.165, 1.54) is 12.3 Å². The molecule has 0 unspecified atom stereocenters. The molecule has 0 saturated heterocycles. The summed E-state index contributed by atoms with van der Waals surface area (Å²) in [7, 11) is 0. The maximum Gasteiger partial charge on any atom is 0.356 e. The first-order valence-electron chi connectivity index (χ1n) is 8.53. The predicted molar refractivity (Wildman–Crippen MR) is 94.9 cm³/mol. The molecule has 0 radical (unpaired) electrons. The van der Waals surface area contributed by atoms with Crippen molar-refractivity contribution in [3.63, 3.8) is 0 Å². The van der Waals surface area contributed by atoms with Crippen molar-refractivity contribution >= 4 is 28.7 Å². The molecule has 0 spiro atoms. The Labute approximate surface area is 153 Å². The molecule has 1 amide bonds. The highest BCUT2D eigenvalue weighted by molar-refractivity contribution is 6.00. The van der Waals surface area contributed by atoms with Gasteiger partial charge in [-0.1, -0.05) is 0 Å². The zero-order valence-corrected chi connectivity index (χ0v) is 14.5. The minimum absolute atomic E-state index is 0.155. The first kappa shape index (κ1) is 17.1. The lowest BCUT2D eigenvalue weighted by molar-refractivity contribution is -0.122. The van der Waals surface area contributed by atoms with E-state index < -0.39 is 17.5 Å². The Morgan fingerprint density at radius 2 is 2.11 bits per heavy atom. The lowest BCUT2D eigenvalue weighted by atomic mass is 10.2. The fourth-order valence-corrected chi connectivity index (χ4v) is 2.59. The van der Waals surface area contributed by atoms with Crippen molar-refractivity contribution in [2.45, 2.75) is 25.4 Å². The van der Waals surface area contributed by atoms with Crippen molar-refractivity contribution in [3.05, 3.63) is 42.2 Å². The van der Waals surface area contributed by atoms with Crippen LogP contribution in [0.15, 0.2) is 40.9 Å². The van der Waals surface area contributed by atoms with E-state index in [2.05, 4.69) is 15.3 Å². The third-order valence-corrected chi connectivity index (χ3v) is 4.23. The van der Waals surface area contributed by atoms with E-state index in [1.807, 2.05) is 0 Å². The van der Waals surface area contributed by atoms with Gasteiger partial charge in [0.2, 0.25) is 5.89 Å². The highest BCUT2D eigenvalue weighted by Gasteiger charge is 2.50. The molecule has 0 aliphatic heterocycles. The number of nitrogens with one attached hydrogen (secondary N) is 1. The fourth-order valence-electron chi connectivity index (χ4n) is 2.59. The summed E-state index contributed by atoms with van der Waals surface area (Å²) in [4.78, 5) is 32.0. The van der Waals surface area contributed by atoms with Gasteiger partial charge in [0, 0.05) is 23.5 Å². The number of halogens is 1. The molecule has 1 fully saturated rings. The summed E-state index contributed by atoms with van der Waals surface area (Å²) >= 11 is 0. The van der Waals surface area contributed by atoms with E-state index in [9.17, 15) is 14.0 Å². The quantitative estimate of drug-likeness (QED) is 0.692. The molecule has 1 saturated carbocycles. The van der Waals surface area contributed by atoms with Crippen LogP contribution in [-0.2, 0) is 9.53 Å². The van der Waals surface area contributed by atoms with Crippen LogP contribution in [0, 0.1) is 0 Å². The Kier molecular flexibility index (Phi) is 4.10. The zero-order valence-electron chi connectivity index (χ0n) is 14.5. The van der Waals surface area contributed by atoms with E-state index in [0.29, 0.717) is 28.2 Å². The van der Waals surface area contributed by atoms with Crippen molar-refractivity contribution in [1.82, 2.24) is 9.97 Å². The van der Waals surface area contributed by atoms with E-state index in [-0.39, 0.29) is 25.1 Å². The molecule has 138 valence electrons. The molecule has 1 aromatic carbocycles. The molecule has 2 aromatic heterocycles. The molecule has 0 atom stereocenters. The smallest absolute Gasteiger partial charge is 0.356 e. The van der Waals surface area contributed by atoms with Crippen LogP contribution in [0.3, 0.4) is 0 Å². The number of ether oxygens (including phenoxy) is 1. The second-order valence-corrected chi connectivity index (χ2v) is 6.27. The van der Waals surface area contributed by atoms with Crippen LogP contribution in [0.4, 0.5) is 10.1 Å². The summed E-state index contributed by atoms with van der Waals surface area (Å²) in [5.41, 5.74) is 0.404. The summed E-state index contributed by atoms with van der Waals surface area (Å²) in [6.45, 7) is 1.97. The average molecular weight is 369 g/mol. The van der Waals surface area contributed by atoms with E-state index in [0.717, 1.165) is 0 Å². The molecule has 2 heterocycles. The van der Waals surface area contributed by atoms with Gasteiger partial charge in [0.25, 0.3) is 5.91 Å². The fraction of sp³-hybridized carbons (Fsp3) is 0.263. The molecule has 0 bridgehead atoms. The van der Waals surface area contributed by atoms with Crippen LogP contribution in [0.2, 0.25) is 0 Å². The Balaban J connectivity index is 1.61. The van der Waals surface area contributed by atoms with Crippen molar-refractivity contribution < 1.29 is 23.1 Å². The van der Waals surface area contributed by atoms with Crippen molar-refractivity contribution in [1.29, 1.82) is 0 Å². The summed E-state index contributed by atoms with van der Waals surface area (Å²) in [5.74, 6) is -0.874. The molecule has 3 aromatic rings. The van der Waals surface area contributed by atoms with Crippen LogP contribution < -0.4 is 5.32 Å². The molecular weight excluding hydrogens is 353 g/mol. The minimum Gasteiger partial charge on any atom is -0.461 e. The van der Waals surface area contributed by atoms with Crippen LogP contribution in [0.25, 0.3) is 22.6 Å². The lowest BCUT2D eigenvalue weighted by Gasteiger charge is -2.06. The van der Waals surface area contributed by atoms with Gasteiger partial charge >= 0.3 is 5.97 Å². The maximum absolute atomic E-state index is 13.8. The van der Waals surface area contributed by atoms with Gasteiger partial charge in [-0.15, -0.1) is 0 Å². The Morgan fingerprint density at radius 1 is 1.30 bits per heavy atom. The second kappa shape index (κ2) is 6.46. The van der Waals surface area contributed by atoms with Crippen molar-refractivity contribution in [2.24, 2.45) is 0 Å². The molecule has 1 N–H and O–H groups in total. The van der Waals surface area contributed by atoms with Crippen LogP contribution in [-0.4, -0.2) is 34.1 Å². The number of nitrogens with zero attached hydrogens (tertiary/aromatic N) is 2. The second-order valence-electron chi connectivity index (χ2n) is 6.27. The number of hydrogen-bond donors (Lipinski definition) is 1. The number of benzene rings is 1.